The van der Waals surface area contributed by atoms with Gasteiger partial charge in [-0.05, 0) is 69.6 Å². The van der Waals surface area contributed by atoms with Crippen LogP contribution in [0.3, 0.4) is 0 Å². The largest absolute Gasteiger partial charge is 0.463 e. The Morgan fingerprint density at radius 3 is 2.75 bits per heavy atom. The van der Waals surface area contributed by atoms with Gasteiger partial charge in [0.25, 0.3) is 0 Å². The second-order valence-corrected chi connectivity index (χ2v) is 9.70. The summed E-state index contributed by atoms with van der Waals surface area (Å²) in [6.07, 6.45) is 2.82. The van der Waals surface area contributed by atoms with Crippen molar-refractivity contribution in [2.45, 2.75) is 45.6 Å². The number of amides is 1. The minimum absolute atomic E-state index is 0.0992. The maximum Gasteiger partial charge on any atom is 0.320 e. The van der Waals surface area contributed by atoms with Gasteiger partial charge in [0.05, 0.1) is 17.6 Å². The smallest absolute Gasteiger partial charge is 0.320 e. The Bertz CT molecular complexity index is 1290. The van der Waals surface area contributed by atoms with E-state index in [0.29, 0.717) is 43.9 Å². The number of anilines is 3. The minimum Gasteiger partial charge on any atom is -0.463 e. The molecule has 1 aliphatic heterocycles. The molecule has 2 N–H and O–H groups in total. The van der Waals surface area contributed by atoms with Crippen LogP contribution in [0, 0.1) is 0 Å². The fourth-order valence-electron chi connectivity index (χ4n) is 4.22. The van der Waals surface area contributed by atoms with E-state index < -0.39 is 0 Å². The van der Waals surface area contributed by atoms with Crippen molar-refractivity contribution in [1.29, 1.82) is 0 Å². The summed E-state index contributed by atoms with van der Waals surface area (Å²) in [6, 6.07) is 13.1. The van der Waals surface area contributed by atoms with Gasteiger partial charge in [-0.15, -0.1) is 0 Å². The third-order valence-electron chi connectivity index (χ3n) is 6.16. The van der Waals surface area contributed by atoms with Crippen LogP contribution in [0.15, 0.2) is 48.8 Å². The average Bonchev–Trinajstić information content (AvgIpc) is 2.82. The molecule has 0 bridgehead atoms. The molecule has 9 nitrogen and oxygen atoms in total. The number of benzene rings is 2. The van der Waals surface area contributed by atoms with Crippen molar-refractivity contribution in [3.05, 3.63) is 54.4 Å². The Hall–Kier alpha value is -3.85. The number of carbonyl (C=O) groups excluding carboxylic acids is 3. The molecule has 0 aliphatic carbocycles. The van der Waals surface area contributed by atoms with Crippen LogP contribution in [0.5, 0.6) is 0 Å². The number of hydrogen-bond acceptors (Lipinski definition) is 8. The lowest BCUT2D eigenvalue weighted by Crippen LogP contribution is -2.55. The van der Waals surface area contributed by atoms with Gasteiger partial charge in [-0.1, -0.05) is 12.1 Å². The molecule has 2 heterocycles. The monoisotopic (exact) mass is 489 g/mol. The highest BCUT2D eigenvalue weighted by molar-refractivity contribution is 5.97. The molecule has 2 aromatic carbocycles. The molecule has 1 aliphatic rings. The van der Waals surface area contributed by atoms with Crippen LogP contribution >= 0.6 is 0 Å². The number of ether oxygens (including phenoxy) is 1. The number of rotatable bonds is 9. The molecule has 1 fully saturated rings. The molecule has 0 spiro atoms. The number of esters is 1. The number of morpholine rings is 1. The predicted octanol–water partition coefficient (Wildman–Crippen LogP) is 3.86. The number of ketones is 1. The van der Waals surface area contributed by atoms with Crippen molar-refractivity contribution in [3.63, 3.8) is 0 Å². The van der Waals surface area contributed by atoms with Gasteiger partial charge in [0.2, 0.25) is 5.91 Å². The molecule has 0 atom stereocenters. The third-order valence-corrected chi connectivity index (χ3v) is 6.16. The van der Waals surface area contributed by atoms with Crippen LogP contribution in [0.2, 0.25) is 0 Å². The highest BCUT2D eigenvalue weighted by atomic mass is 16.5. The average molecular weight is 490 g/mol. The molecule has 0 radical (unpaired) electrons. The van der Waals surface area contributed by atoms with E-state index in [1.54, 1.807) is 6.92 Å². The summed E-state index contributed by atoms with van der Waals surface area (Å²) < 4.78 is 5.14. The van der Waals surface area contributed by atoms with Crippen molar-refractivity contribution < 1.29 is 19.1 Å². The molecule has 1 aromatic heterocycles. The summed E-state index contributed by atoms with van der Waals surface area (Å²) in [6.45, 7) is 6.86. The molecule has 3 aromatic rings. The number of nitrogens with zero attached hydrogens (tertiary/aromatic N) is 3. The molecule has 9 heteroatoms. The first-order chi connectivity index (χ1) is 17.2. The Balaban J connectivity index is 1.41. The van der Waals surface area contributed by atoms with E-state index in [4.69, 9.17) is 4.74 Å². The zero-order valence-electron chi connectivity index (χ0n) is 20.8. The summed E-state index contributed by atoms with van der Waals surface area (Å²) in [5.74, 6) is 0.375. The summed E-state index contributed by atoms with van der Waals surface area (Å²) in [7, 11) is 0. The maximum atomic E-state index is 12.6. The molecule has 36 heavy (non-hydrogen) atoms. The SMILES string of the molecule is CC(=O)Cc1cccc(Nc2ncnc3ccc(NC(=O)CCCN4CC(=O)OCC4(C)C)cc23)c1. The van der Waals surface area contributed by atoms with Crippen molar-refractivity contribution >= 4 is 45.8 Å². The number of carbonyl (C=O) groups is 3. The van der Waals surface area contributed by atoms with Gasteiger partial charge in [0, 0.05) is 29.6 Å². The highest BCUT2D eigenvalue weighted by Gasteiger charge is 2.34. The number of cyclic esters (lactones) is 1. The molecule has 4 rings (SSSR count). The van der Waals surface area contributed by atoms with E-state index in [1.165, 1.54) is 6.33 Å². The lowest BCUT2D eigenvalue weighted by Gasteiger charge is -2.41. The standard InChI is InChI=1S/C27H31N5O4/c1-18(33)12-19-6-4-7-20(13-19)31-26-22-14-21(9-10-23(22)28-17-29-26)30-24(34)8-5-11-32-15-25(35)36-16-27(32,2)3/h4,6-7,9-10,13-14,17H,5,8,11-12,15-16H2,1-3H3,(H,30,34)(H,28,29,31). The van der Waals surface area contributed by atoms with Crippen molar-refractivity contribution in [1.82, 2.24) is 14.9 Å². The number of hydrogen-bond donors (Lipinski definition) is 2. The quantitative estimate of drug-likeness (QED) is 0.436. The van der Waals surface area contributed by atoms with Gasteiger partial charge in [-0.25, -0.2) is 9.97 Å². The van der Waals surface area contributed by atoms with E-state index in [0.717, 1.165) is 22.2 Å². The summed E-state index contributed by atoms with van der Waals surface area (Å²) in [5.41, 5.74) is 2.89. The van der Waals surface area contributed by atoms with E-state index >= 15 is 0 Å². The van der Waals surface area contributed by atoms with Crippen LogP contribution in [-0.4, -0.2) is 57.8 Å². The number of nitrogens with one attached hydrogen (secondary N) is 2. The van der Waals surface area contributed by atoms with Gasteiger partial charge in [-0.3, -0.25) is 19.3 Å². The van der Waals surface area contributed by atoms with Crippen LogP contribution < -0.4 is 10.6 Å². The van der Waals surface area contributed by atoms with Crippen LogP contribution in [0.4, 0.5) is 17.2 Å². The number of aromatic nitrogens is 2. The van der Waals surface area contributed by atoms with Gasteiger partial charge < -0.3 is 15.4 Å². The predicted molar refractivity (Wildman–Crippen MR) is 138 cm³/mol. The van der Waals surface area contributed by atoms with Gasteiger partial charge >= 0.3 is 5.97 Å². The lowest BCUT2D eigenvalue weighted by molar-refractivity contribution is -0.160. The van der Waals surface area contributed by atoms with Gasteiger partial charge in [-0.2, -0.15) is 0 Å². The first-order valence-corrected chi connectivity index (χ1v) is 12.0. The fraction of sp³-hybridized carbons (Fsp3) is 0.370. The zero-order chi connectivity index (χ0) is 25.7. The van der Waals surface area contributed by atoms with Crippen molar-refractivity contribution in [3.8, 4) is 0 Å². The van der Waals surface area contributed by atoms with Gasteiger partial charge in [0.1, 0.15) is 24.5 Å². The van der Waals surface area contributed by atoms with Crippen LogP contribution in [-0.2, 0) is 25.5 Å². The summed E-state index contributed by atoms with van der Waals surface area (Å²) in [4.78, 5) is 46.5. The Labute approximate surface area is 210 Å². The highest BCUT2D eigenvalue weighted by Crippen LogP contribution is 2.26. The molecular weight excluding hydrogens is 458 g/mol. The zero-order valence-corrected chi connectivity index (χ0v) is 20.8. The summed E-state index contributed by atoms with van der Waals surface area (Å²) in [5, 5.41) is 7.02. The Morgan fingerprint density at radius 1 is 1.11 bits per heavy atom. The van der Waals surface area contributed by atoms with E-state index in [1.807, 2.05) is 56.3 Å². The first-order valence-electron chi connectivity index (χ1n) is 12.0. The van der Waals surface area contributed by atoms with Crippen LogP contribution in [0.1, 0.15) is 39.2 Å². The minimum atomic E-state index is -0.238. The number of fused-ring (bicyclic) bond motifs is 1. The molecular formula is C27H31N5O4. The molecule has 0 unspecified atom stereocenters. The second-order valence-electron chi connectivity index (χ2n) is 9.70. The van der Waals surface area contributed by atoms with Crippen molar-refractivity contribution in [2.24, 2.45) is 0 Å². The normalized spacial score (nSPS) is 15.4. The van der Waals surface area contributed by atoms with E-state index in [-0.39, 0.29) is 29.7 Å². The summed E-state index contributed by atoms with van der Waals surface area (Å²) >= 11 is 0. The van der Waals surface area contributed by atoms with Crippen molar-refractivity contribution in [2.75, 3.05) is 30.3 Å². The lowest BCUT2D eigenvalue weighted by atomic mass is 10.0. The topological polar surface area (TPSA) is 114 Å². The third kappa shape index (κ3) is 6.42. The van der Waals surface area contributed by atoms with Crippen LogP contribution in [0.25, 0.3) is 10.9 Å². The second kappa shape index (κ2) is 10.8. The Kier molecular flexibility index (Phi) is 7.59. The molecule has 1 saturated heterocycles. The van der Waals surface area contributed by atoms with E-state index in [2.05, 4.69) is 25.5 Å². The Morgan fingerprint density at radius 2 is 1.94 bits per heavy atom. The first kappa shape index (κ1) is 25.2. The van der Waals surface area contributed by atoms with E-state index in [9.17, 15) is 14.4 Å². The maximum absolute atomic E-state index is 12.6. The molecule has 1 amide bonds. The fourth-order valence-corrected chi connectivity index (χ4v) is 4.22. The molecule has 188 valence electrons. The molecule has 0 saturated carbocycles. The number of Topliss-reactive ketones (excluding diaryl/α,β-unsaturated/α-hetero) is 1. The van der Waals surface area contributed by atoms with Gasteiger partial charge in [0.15, 0.2) is 0 Å².